The maximum absolute atomic E-state index is 5.76. The van der Waals surface area contributed by atoms with Gasteiger partial charge in [0, 0.05) is 12.5 Å². The second-order valence-corrected chi connectivity index (χ2v) is 5.56. The first-order valence-electron chi connectivity index (χ1n) is 7.82. The minimum atomic E-state index is 0.596. The van der Waals surface area contributed by atoms with Crippen molar-refractivity contribution in [3.63, 3.8) is 0 Å². The fraction of sp³-hybridized carbons (Fsp3) is 0.647. The molecule has 0 radical (unpaired) electrons. The summed E-state index contributed by atoms with van der Waals surface area (Å²) in [5, 5.41) is 3.43. The molecular weight excluding hydrogens is 250 g/mol. The van der Waals surface area contributed by atoms with E-state index in [0.29, 0.717) is 12.5 Å². The van der Waals surface area contributed by atoms with Crippen molar-refractivity contribution in [3.8, 4) is 0 Å². The SMILES string of the molecule is CCCNCCc1ccc(COCC2CCOC2)cc1. The summed E-state index contributed by atoms with van der Waals surface area (Å²) in [4.78, 5) is 0. The van der Waals surface area contributed by atoms with Gasteiger partial charge < -0.3 is 14.8 Å². The molecular formula is C17H27NO2. The molecule has 20 heavy (non-hydrogen) atoms. The third-order valence-corrected chi connectivity index (χ3v) is 3.69. The van der Waals surface area contributed by atoms with Crippen LogP contribution in [0.25, 0.3) is 0 Å². The normalized spacial score (nSPS) is 18.6. The van der Waals surface area contributed by atoms with Gasteiger partial charge in [0.1, 0.15) is 0 Å². The number of benzene rings is 1. The molecule has 0 bridgehead atoms. The van der Waals surface area contributed by atoms with Crippen LogP contribution >= 0.6 is 0 Å². The average Bonchev–Trinajstić information content (AvgIpc) is 2.98. The standard InChI is InChI=1S/C17H27NO2/c1-2-9-18-10-7-15-3-5-16(6-4-15)12-20-14-17-8-11-19-13-17/h3-6,17-18H,2,7-14H2,1H3. The Morgan fingerprint density at radius 1 is 1.20 bits per heavy atom. The van der Waals surface area contributed by atoms with Gasteiger partial charge in [-0.1, -0.05) is 31.2 Å². The summed E-state index contributed by atoms with van der Waals surface area (Å²) in [6, 6.07) is 8.79. The molecule has 1 aliphatic rings. The highest BCUT2D eigenvalue weighted by molar-refractivity contribution is 5.22. The number of rotatable bonds is 9. The van der Waals surface area contributed by atoms with Crippen molar-refractivity contribution < 1.29 is 9.47 Å². The highest BCUT2D eigenvalue weighted by atomic mass is 16.5. The van der Waals surface area contributed by atoms with E-state index in [-0.39, 0.29) is 0 Å². The average molecular weight is 277 g/mol. The predicted octanol–water partition coefficient (Wildman–Crippen LogP) is 2.78. The van der Waals surface area contributed by atoms with Crippen LogP contribution in [0.3, 0.4) is 0 Å². The van der Waals surface area contributed by atoms with Crippen molar-refractivity contribution >= 4 is 0 Å². The van der Waals surface area contributed by atoms with Crippen LogP contribution in [0.2, 0.25) is 0 Å². The van der Waals surface area contributed by atoms with Crippen LogP contribution in [0.1, 0.15) is 30.9 Å². The Labute approximate surface area is 122 Å². The van der Waals surface area contributed by atoms with E-state index in [1.165, 1.54) is 17.5 Å². The Bertz CT molecular complexity index is 358. The molecule has 3 nitrogen and oxygen atoms in total. The van der Waals surface area contributed by atoms with E-state index >= 15 is 0 Å². The largest absolute Gasteiger partial charge is 0.381 e. The van der Waals surface area contributed by atoms with Crippen molar-refractivity contribution in [1.29, 1.82) is 0 Å². The van der Waals surface area contributed by atoms with Gasteiger partial charge in [0.05, 0.1) is 19.8 Å². The lowest BCUT2D eigenvalue weighted by Crippen LogP contribution is -2.17. The lowest BCUT2D eigenvalue weighted by Gasteiger charge is -2.09. The van der Waals surface area contributed by atoms with Crippen molar-refractivity contribution in [3.05, 3.63) is 35.4 Å². The van der Waals surface area contributed by atoms with Gasteiger partial charge in [-0.05, 0) is 43.5 Å². The van der Waals surface area contributed by atoms with E-state index < -0.39 is 0 Å². The van der Waals surface area contributed by atoms with Crippen LogP contribution in [0, 0.1) is 5.92 Å². The van der Waals surface area contributed by atoms with Gasteiger partial charge in [0.25, 0.3) is 0 Å². The molecule has 1 aromatic rings. The molecule has 1 aromatic carbocycles. The van der Waals surface area contributed by atoms with Crippen LogP contribution in [0.5, 0.6) is 0 Å². The second-order valence-electron chi connectivity index (χ2n) is 5.56. The summed E-state index contributed by atoms with van der Waals surface area (Å²) in [5.74, 6) is 0.596. The molecule has 0 amide bonds. The number of hydrogen-bond donors (Lipinski definition) is 1. The van der Waals surface area contributed by atoms with E-state index in [0.717, 1.165) is 45.8 Å². The molecule has 2 rings (SSSR count). The molecule has 0 aromatic heterocycles. The van der Waals surface area contributed by atoms with Crippen LogP contribution in [0.15, 0.2) is 24.3 Å². The van der Waals surface area contributed by atoms with E-state index in [9.17, 15) is 0 Å². The molecule has 1 saturated heterocycles. The number of nitrogens with one attached hydrogen (secondary N) is 1. The summed E-state index contributed by atoms with van der Waals surface area (Å²) in [5.41, 5.74) is 2.65. The molecule has 1 heterocycles. The smallest absolute Gasteiger partial charge is 0.0717 e. The molecule has 112 valence electrons. The van der Waals surface area contributed by atoms with Gasteiger partial charge in [0.15, 0.2) is 0 Å². The first-order chi connectivity index (χ1) is 9.88. The lowest BCUT2D eigenvalue weighted by atomic mass is 10.1. The zero-order valence-corrected chi connectivity index (χ0v) is 12.6. The summed E-state index contributed by atoms with van der Waals surface area (Å²) in [7, 11) is 0. The molecule has 1 atom stereocenters. The van der Waals surface area contributed by atoms with Crippen LogP contribution in [-0.2, 0) is 22.5 Å². The highest BCUT2D eigenvalue weighted by Crippen LogP contribution is 2.13. The molecule has 0 saturated carbocycles. The van der Waals surface area contributed by atoms with E-state index in [4.69, 9.17) is 9.47 Å². The Balaban J connectivity index is 1.63. The van der Waals surface area contributed by atoms with Gasteiger partial charge in [-0.3, -0.25) is 0 Å². The second kappa shape index (κ2) is 9.11. The third-order valence-electron chi connectivity index (χ3n) is 3.69. The van der Waals surface area contributed by atoms with Crippen molar-refractivity contribution in [2.45, 2.75) is 32.8 Å². The fourth-order valence-electron chi connectivity index (χ4n) is 2.39. The summed E-state index contributed by atoms with van der Waals surface area (Å²) >= 11 is 0. The zero-order chi connectivity index (χ0) is 14.0. The first-order valence-corrected chi connectivity index (χ1v) is 7.82. The zero-order valence-electron chi connectivity index (χ0n) is 12.6. The third kappa shape index (κ3) is 5.61. The summed E-state index contributed by atoms with van der Waals surface area (Å²) in [6.45, 7) is 7.66. The maximum Gasteiger partial charge on any atom is 0.0717 e. The molecule has 1 aliphatic heterocycles. The van der Waals surface area contributed by atoms with Crippen LogP contribution < -0.4 is 5.32 Å². The van der Waals surface area contributed by atoms with Gasteiger partial charge in [-0.15, -0.1) is 0 Å². The Hall–Kier alpha value is -0.900. The van der Waals surface area contributed by atoms with Crippen molar-refractivity contribution in [1.82, 2.24) is 5.32 Å². The summed E-state index contributed by atoms with van der Waals surface area (Å²) in [6.07, 6.45) is 3.44. The Kier molecular flexibility index (Phi) is 7.06. The van der Waals surface area contributed by atoms with Crippen molar-refractivity contribution in [2.24, 2.45) is 5.92 Å². The van der Waals surface area contributed by atoms with Gasteiger partial charge in [-0.25, -0.2) is 0 Å². The topological polar surface area (TPSA) is 30.5 Å². The van der Waals surface area contributed by atoms with E-state index in [1.54, 1.807) is 0 Å². The maximum atomic E-state index is 5.76. The van der Waals surface area contributed by atoms with Gasteiger partial charge in [-0.2, -0.15) is 0 Å². The van der Waals surface area contributed by atoms with Crippen LogP contribution in [-0.4, -0.2) is 32.9 Å². The quantitative estimate of drug-likeness (QED) is 0.704. The number of ether oxygens (including phenoxy) is 2. The summed E-state index contributed by atoms with van der Waals surface area (Å²) < 4.78 is 11.1. The minimum Gasteiger partial charge on any atom is -0.381 e. The molecule has 1 unspecified atom stereocenters. The molecule has 0 aliphatic carbocycles. The minimum absolute atomic E-state index is 0.596. The Morgan fingerprint density at radius 3 is 2.70 bits per heavy atom. The van der Waals surface area contributed by atoms with Crippen LogP contribution in [0.4, 0.5) is 0 Å². The van der Waals surface area contributed by atoms with E-state index in [2.05, 4.69) is 36.5 Å². The fourth-order valence-corrected chi connectivity index (χ4v) is 2.39. The molecule has 0 spiro atoms. The number of hydrogen-bond acceptors (Lipinski definition) is 3. The monoisotopic (exact) mass is 277 g/mol. The van der Waals surface area contributed by atoms with E-state index in [1.807, 2.05) is 0 Å². The van der Waals surface area contributed by atoms with Gasteiger partial charge in [0.2, 0.25) is 0 Å². The molecule has 1 N–H and O–H groups in total. The first kappa shape index (κ1) is 15.5. The van der Waals surface area contributed by atoms with Gasteiger partial charge >= 0.3 is 0 Å². The van der Waals surface area contributed by atoms with Crippen molar-refractivity contribution in [2.75, 3.05) is 32.9 Å². The lowest BCUT2D eigenvalue weighted by molar-refractivity contribution is 0.0791. The molecule has 1 fully saturated rings. The Morgan fingerprint density at radius 2 is 2.00 bits per heavy atom. The molecule has 3 heteroatoms. The predicted molar refractivity (Wildman–Crippen MR) is 81.9 cm³/mol. The highest BCUT2D eigenvalue weighted by Gasteiger charge is 2.15.